The predicted molar refractivity (Wildman–Crippen MR) is 89.9 cm³/mol. The van der Waals surface area contributed by atoms with Crippen molar-refractivity contribution in [1.29, 1.82) is 0 Å². The molecule has 0 saturated heterocycles. The Morgan fingerprint density at radius 1 is 1.04 bits per heavy atom. The summed E-state index contributed by atoms with van der Waals surface area (Å²) < 4.78 is 22.7. The summed E-state index contributed by atoms with van der Waals surface area (Å²) in [6.07, 6.45) is 0. The van der Waals surface area contributed by atoms with Gasteiger partial charge in [0, 0.05) is 11.1 Å². The van der Waals surface area contributed by atoms with E-state index in [1.54, 1.807) is 12.1 Å². The first-order chi connectivity index (χ1) is 11.8. The highest BCUT2D eigenvalue weighted by atomic mass is 32.2. The van der Waals surface area contributed by atoms with Gasteiger partial charge < -0.3 is 9.90 Å². The van der Waals surface area contributed by atoms with Crippen LogP contribution in [0.5, 0.6) is 0 Å². The van der Waals surface area contributed by atoms with Crippen LogP contribution in [0.25, 0.3) is 22.4 Å². The van der Waals surface area contributed by atoms with E-state index in [0.29, 0.717) is 22.4 Å². The van der Waals surface area contributed by atoms with Gasteiger partial charge in [-0.15, -0.1) is 0 Å². The summed E-state index contributed by atoms with van der Waals surface area (Å²) >= 11 is 0. The number of sulfonamides is 1. The molecule has 0 fully saturated rings. The van der Waals surface area contributed by atoms with Crippen LogP contribution >= 0.6 is 0 Å². The minimum Gasteiger partial charge on any atom is -0.543 e. The lowest BCUT2D eigenvalue weighted by molar-refractivity contribution is -0.255. The second-order valence-corrected chi connectivity index (χ2v) is 7.11. The number of benzene rings is 2. The molecule has 0 spiro atoms. The predicted octanol–water partition coefficient (Wildman–Crippen LogP) is 1.06. The standard InChI is InChI=1S/C17H15N3O4S/c1-10-2-4-11(5-3-10)14-15(19-20-16(14)17(21)22)12-6-8-13(9-7-12)25(18,23)24/h2-9H,1H3,(H,19,20)(H,21,22)(H2,18,23,24)/p-1. The van der Waals surface area contributed by atoms with E-state index in [1.165, 1.54) is 24.3 Å². The highest BCUT2D eigenvalue weighted by molar-refractivity contribution is 7.89. The number of H-pyrrole nitrogens is 1. The van der Waals surface area contributed by atoms with Crippen molar-refractivity contribution in [1.82, 2.24) is 10.2 Å². The number of nitrogens with one attached hydrogen (secondary N) is 1. The highest BCUT2D eigenvalue weighted by Gasteiger charge is 2.18. The number of hydrogen-bond acceptors (Lipinski definition) is 5. The van der Waals surface area contributed by atoms with E-state index in [4.69, 9.17) is 5.14 Å². The fourth-order valence-corrected chi connectivity index (χ4v) is 3.02. The molecule has 0 radical (unpaired) electrons. The van der Waals surface area contributed by atoms with Crippen molar-refractivity contribution in [3.05, 3.63) is 59.8 Å². The van der Waals surface area contributed by atoms with E-state index < -0.39 is 16.0 Å². The van der Waals surface area contributed by atoms with E-state index in [1.807, 2.05) is 19.1 Å². The zero-order chi connectivity index (χ0) is 18.2. The molecule has 3 rings (SSSR count). The molecule has 0 unspecified atom stereocenters. The molecule has 128 valence electrons. The Hall–Kier alpha value is -2.97. The number of carboxylic acids is 1. The Bertz CT molecular complexity index is 1040. The summed E-state index contributed by atoms with van der Waals surface area (Å²) in [4.78, 5) is 11.4. The lowest BCUT2D eigenvalue weighted by atomic mass is 9.98. The van der Waals surface area contributed by atoms with Crippen LogP contribution in [-0.2, 0) is 10.0 Å². The molecule has 1 aromatic heterocycles. The van der Waals surface area contributed by atoms with E-state index >= 15 is 0 Å². The number of rotatable bonds is 4. The van der Waals surface area contributed by atoms with Crippen molar-refractivity contribution in [2.75, 3.05) is 0 Å². The van der Waals surface area contributed by atoms with Crippen LogP contribution in [0.2, 0.25) is 0 Å². The van der Waals surface area contributed by atoms with Crippen molar-refractivity contribution in [2.45, 2.75) is 11.8 Å². The molecule has 0 amide bonds. The summed E-state index contributed by atoms with van der Waals surface area (Å²) in [5.41, 5.74) is 2.85. The largest absolute Gasteiger partial charge is 0.543 e. The number of aromatic carboxylic acids is 1. The van der Waals surface area contributed by atoms with Crippen LogP contribution in [0, 0.1) is 6.92 Å². The third-order valence-corrected chi connectivity index (χ3v) is 4.70. The van der Waals surface area contributed by atoms with Gasteiger partial charge in [0.1, 0.15) is 5.69 Å². The Morgan fingerprint density at radius 3 is 2.12 bits per heavy atom. The van der Waals surface area contributed by atoms with Gasteiger partial charge in [0.2, 0.25) is 10.0 Å². The molecule has 0 aliphatic carbocycles. The van der Waals surface area contributed by atoms with E-state index in [0.717, 1.165) is 5.56 Å². The van der Waals surface area contributed by atoms with Gasteiger partial charge in [-0.2, -0.15) is 5.10 Å². The van der Waals surface area contributed by atoms with E-state index in [9.17, 15) is 18.3 Å². The molecule has 1 heterocycles. The van der Waals surface area contributed by atoms with Crippen LogP contribution in [0.3, 0.4) is 0 Å². The summed E-state index contributed by atoms with van der Waals surface area (Å²) in [6, 6.07) is 13.0. The Kier molecular flexibility index (Phi) is 4.15. The fraction of sp³-hybridized carbons (Fsp3) is 0.0588. The van der Waals surface area contributed by atoms with Crippen LogP contribution in [0.4, 0.5) is 0 Å². The van der Waals surface area contributed by atoms with Crippen molar-refractivity contribution < 1.29 is 18.3 Å². The molecule has 2 aromatic carbocycles. The number of primary sulfonamides is 1. The van der Waals surface area contributed by atoms with Gasteiger partial charge in [0.25, 0.3) is 0 Å². The highest BCUT2D eigenvalue weighted by Crippen LogP contribution is 2.33. The SMILES string of the molecule is Cc1ccc(-c2c(-c3ccc(S(N)(=O)=O)cc3)n[nH]c2C(=O)[O-])cc1. The second-order valence-electron chi connectivity index (χ2n) is 5.55. The first-order valence-corrected chi connectivity index (χ1v) is 8.82. The number of carbonyl (C=O) groups is 1. The third kappa shape index (κ3) is 3.30. The molecule has 0 saturated carbocycles. The van der Waals surface area contributed by atoms with Gasteiger partial charge in [-0.25, -0.2) is 13.6 Å². The molecule has 0 aliphatic heterocycles. The zero-order valence-electron chi connectivity index (χ0n) is 13.2. The number of nitrogens with two attached hydrogens (primary N) is 1. The molecule has 25 heavy (non-hydrogen) atoms. The maximum absolute atomic E-state index is 11.4. The minimum absolute atomic E-state index is 0.0382. The summed E-state index contributed by atoms with van der Waals surface area (Å²) in [7, 11) is -3.81. The number of nitrogens with zero attached hydrogens (tertiary/aromatic N) is 1. The van der Waals surface area contributed by atoms with Gasteiger partial charge in [-0.05, 0) is 24.6 Å². The fourth-order valence-electron chi connectivity index (χ4n) is 2.50. The third-order valence-electron chi connectivity index (χ3n) is 3.77. The monoisotopic (exact) mass is 356 g/mol. The van der Waals surface area contributed by atoms with Crippen molar-refractivity contribution in [3.63, 3.8) is 0 Å². The average molecular weight is 356 g/mol. The molecule has 0 aliphatic rings. The molecule has 0 bridgehead atoms. The Labute approximate surface area is 144 Å². The molecule has 7 nitrogen and oxygen atoms in total. The number of aromatic amines is 1. The number of carboxylic acid groups (broad SMARTS) is 1. The first-order valence-electron chi connectivity index (χ1n) is 7.27. The molecular weight excluding hydrogens is 342 g/mol. The number of aryl methyl sites for hydroxylation is 1. The minimum atomic E-state index is -3.81. The maximum Gasteiger partial charge on any atom is 0.238 e. The molecule has 8 heteroatoms. The van der Waals surface area contributed by atoms with Crippen LogP contribution in [-0.4, -0.2) is 24.6 Å². The summed E-state index contributed by atoms with van der Waals surface area (Å²) in [5.74, 6) is -1.38. The number of hydrogen-bond donors (Lipinski definition) is 2. The van der Waals surface area contributed by atoms with Gasteiger partial charge in [0.05, 0.1) is 16.6 Å². The zero-order valence-corrected chi connectivity index (χ0v) is 14.0. The van der Waals surface area contributed by atoms with Crippen LogP contribution in [0.15, 0.2) is 53.4 Å². The average Bonchev–Trinajstić information content (AvgIpc) is 3.00. The molecule has 0 atom stereocenters. The normalized spacial score (nSPS) is 11.4. The molecular formula is C17H14N3O4S-. The summed E-state index contributed by atoms with van der Waals surface area (Å²) in [6.45, 7) is 1.92. The quantitative estimate of drug-likeness (QED) is 0.722. The topological polar surface area (TPSA) is 129 Å². The van der Waals surface area contributed by atoms with Gasteiger partial charge in [-0.3, -0.25) is 5.10 Å². The van der Waals surface area contributed by atoms with Gasteiger partial charge >= 0.3 is 0 Å². The number of aromatic nitrogens is 2. The Balaban J connectivity index is 2.17. The van der Waals surface area contributed by atoms with Gasteiger partial charge in [-0.1, -0.05) is 42.0 Å². The second kappa shape index (κ2) is 6.15. The maximum atomic E-state index is 11.4. The first kappa shape index (κ1) is 16.9. The van der Waals surface area contributed by atoms with E-state index in [-0.39, 0.29) is 10.6 Å². The number of carbonyl (C=O) groups excluding carboxylic acids is 1. The van der Waals surface area contributed by atoms with Gasteiger partial charge in [0.15, 0.2) is 0 Å². The van der Waals surface area contributed by atoms with E-state index in [2.05, 4.69) is 10.2 Å². The van der Waals surface area contributed by atoms with Crippen molar-refractivity contribution in [3.8, 4) is 22.4 Å². The van der Waals surface area contributed by atoms with Crippen LogP contribution in [0.1, 0.15) is 16.1 Å². The van der Waals surface area contributed by atoms with Crippen molar-refractivity contribution in [2.24, 2.45) is 5.14 Å². The van der Waals surface area contributed by atoms with Crippen LogP contribution < -0.4 is 10.2 Å². The molecule has 3 aromatic rings. The Morgan fingerprint density at radius 2 is 1.60 bits per heavy atom. The summed E-state index contributed by atoms with van der Waals surface area (Å²) in [5, 5.41) is 23.0. The lowest BCUT2D eigenvalue weighted by Gasteiger charge is -2.08. The molecule has 3 N–H and O–H groups in total. The lowest BCUT2D eigenvalue weighted by Crippen LogP contribution is -2.23. The smallest absolute Gasteiger partial charge is 0.238 e. The van der Waals surface area contributed by atoms with Crippen molar-refractivity contribution >= 4 is 16.0 Å².